The lowest BCUT2D eigenvalue weighted by atomic mass is 9.65. The topological polar surface area (TPSA) is 109 Å². The van der Waals surface area contributed by atoms with Gasteiger partial charge in [-0.25, -0.2) is 9.97 Å². The fourth-order valence-corrected chi connectivity index (χ4v) is 3.87. The molecule has 0 aromatic carbocycles. The monoisotopic (exact) mass is 347 g/mol. The second-order valence-electron chi connectivity index (χ2n) is 6.72. The van der Waals surface area contributed by atoms with Crippen molar-refractivity contribution in [3.8, 4) is 17.3 Å². The van der Waals surface area contributed by atoms with Gasteiger partial charge in [-0.3, -0.25) is 4.68 Å². The Morgan fingerprint density at radius 3 is 3.12 bits per heavy atom. The molecule has 1 N–H and O–H groups in total. The first-order chi connectivity index (χ1) is 12.8. The number of nitriles is 1. The SMILES string of the molecule is N#CCC1(n2cc(-c3ncnc4[nH]ccc34)cn2)CC(c2ccon2)C1.[HH]. The maximum Gasteiger partial charge on any atom is 0.141 e. The predicted octanol–water partition coefficient (Wildman–Crippen LogP) is 3.24. The van der Waals surface area contributed by atoms with E-state index in [9.17, 15) is 5.26 Å². The minimum Gasteiger partial charge on any atom is -0.365 e. The lowest BCUT2D eigenvalue weighted by molar-refractivity contribution is 0.0964. The van der Waals surface area contributed by atoms with Gasteiger partial charge in [-0.1, -0.05) is 5.16 Å². The Balaban J connectivity index is 0.00000180. The van der Waals surface area contributed by atoms with Gasteiger partial charge in [0.25, 0.3) is 0 Å². The summed E-state index contributed by atoms with van der Waals surface area (Å²) in [6.45, 7) is 0. The lowest BCUT2D eigenvalue weighted by Gasteiger charge is -2.45. The molecular formula is C18H17N7O. The zero-order valence-electron chi connectivity index (χ0n) is 13.8. The number of fused-ring (bicyclic) bond motifs is 1. The second kappa shape index (κ2) is 5.52. The number of nitrogens with zero attached hydrogens (tertiary/aromatic N) is 6. The van der Waals surface area contributed by atoms with Gasteiger partial charge in [0.1, 0.15) is 18.2 Å². The summed E-state index contributed by atoms with van der Waals surface area (Å²) in [6.07, 6.45) is 10.8. The summed E-state index contributed by atoms with van der Waals surface area (Å²) in [5, 5.41) is 18.9. The van der Waals surface area contributed by atoms with Crippen molar-refractivity contribution < 1.29 is 5.95 Å². The van der Waals surface area contributed by atoms with Crippen LogP contribution in [0.3, 0.4) is 0 Å². The number of hydrogen-bond acceptors (Lipinski definition) is 6. The molecule has 0 unspecified atom stereocenters. The van der Waals surface area contributed by atoms with Crippen LogP contribution in [-0.2, 0) is 5.54 Å². The Hall–Kier alpha value is -3.47. The number of rotatable bonds is 4. The van der Waals surface area contributed by atoms with Crippen LogP contribution in [-0.4, -0.2) is 29.9 Å². The smallest absolute Gasteiger partial charge is 0.141 e. The van der Waals surface area contributed by atoms with Gasteiger partial charge in [-0.05, 0) is 18.9 Å². The van der Waals surface area contributed by atoms with Gasteiger partial charge in [-0.15, -0.1) is 0 Å². The van der Waals surface area contributed by atoms with E-state index in [0.29, 0.717) is 12.3 Å². The number of aromatic nitrogens is 6. The average molecular weight is 347 g/mol. The number of aromatic amines is 1. The fraction of sp³-hybridized carbons (Fsp3) is 0.278. The van der Waals surface area contributed by atoms with Crippen LogP contribution in [0.25, 0.3) is 22.3 Å². The Bertz CT molecular complexity index is 1100. The van der Waals surface area contributed by atoms with E-state index >= 15 is 0 Å². The minimum absolute atomic E-state index is 0. The second-order valence-corrected chi connectivity index (χ2v) is 6.72. The molecule has 0 radical (unpaired) electrons. The standard InChI is InChI=1S/C18H15N7O.H2/c19-4-3-18(7-12(8-18)15-2-6-26-24-15)25-10-13(9-23-25)16-14-1-5-20-17(14)22-11-21-16;/h1-2,5-6,9-12H,3,7-8H2,(H,20,21,22);1H. The van der Waals surface area contributed by atoms with E-state index < -0.39 is 0 Å². The highest BCUT2D eigenvalue weighted by Gasteiger charge is 2.48. The van der Waals surface area contributed by atoms with Crippen LogP contribution in [0.5, 0.6) is 0 Å². The summed E-state index contributed by atoms with van der Waals surface area (Å²) in [6, 6.07) is 6.16. The zero-order valence-corrected chi connectivity index (χ0v) is 13.8. The van der Waals surface area contributed by atoms with Crippen molar-refractivity contribution in [2.24, 2.45) is 0 Å². The summed E-state index contributed by atoms with van der Waals surface area (Å²) >= 11 is 0. The molecule has 0 spiro atoms. The molecule has 4 aromatic heterocycles. The van der Waals surface area contributed by atoms with Gasteiger partial charge in [-0.2, -0.15) is 10.4 Å². The number of nitrogens with one attached hydrogen (secondary N) is 1. The van der Waals surface area contributed by atoms with Gasteiger partial charge in [0.05, 0.1) is 35.6 Å². The highest BCUT2D eigenvalue weighted by molar-refractivity contribution is 5.89. The molecular weight excluding hydrogens is 330 g/mol. The van der Waals surface area contributed by atoms with Gasteiger partial charge in [0, 0.05) is 36.8 Å². The summed E-state index contributed by atoms with van der Waals surface area (Å²) in [5.41, 5.74) is 3.18. The van der Waals surface area contributed by atoms with Crippen LogP contribution in [0.1, 0.15) is 32.3 Å². The highest BCUT2D eigenvalue weighted by Crippen LogP contribution is 2.51. The van der Waals surface area contributed by atoms with Gasteiger partial charge < -0.3 is 9.51 Å². The van der Waals surface area contributed by atoms with Crippen LogP contribution >= 0.6 is 0 Å². The van der Waals surface area contributed by atoms with E-state index in [0.717, 1.165) is 40.8 Å². The van der Waals surface area contributed by atoms with Crippen LogP contribution in [0, 0.1) is 11.3 Å². The van der Waals surface area contributed by atoms with Gasteiger partial charge in [0.2, 0.25) is 0 Å². The van der Waals surface area contributed by atoms with Crippen molar-refractivity contribution in [1.82, 2.24) is 29.9 Å². The van der Waals surface area contributed by atoms with E-state index in [2.05, 4.69) is 31.3 Å². The van der Waals surface area contributed by atoms with Crippen molar-refractivity contribution in [2.75, 3.05) is 0 Å². The van der Waals surface area contributed by atoms with E-state index in [1.54, 1.807) is 18.8 Å². The third kappa shape index (κ3) is 2.14. The summed E-state index contributed by atoms with van der Waals surface area (Å²) < 4.78 is 6.87. The van der Waals surface area contributed by atoms with Crippen LogP contribution < -0.4 is 0 Å². The van der Waals surface area contributed by atoms with Crippen molar-refractivity contribution in [2.45, 2.75) is 30.7 Å². The quantitative estimate of drug-likeness (QED) is 0.607. The van der Waals surface area contributed by atoms with Crippen molar-refractivity contribution >= 4 is 11.0 Å². The van der Waals surface area contributed by atoms with E-state index in [1.807, 2.05) is 29.2 Å². The molecule has 26 heavy (non-hydrogen) atoms. The summed E-state index contributed by atoms with van der Waals surface area (Å²) in [4.78, 5) is 11.7. The molecule has 0 aliphatic heterocycles. The minimum atomic E-state index is -0.305. The lowest BCUT2D eigenvalue weighted by Crippen LogP contribution is -2.45. The average Bonchev–Trinajstić information content (AvgIpc) is 3.38. The largest absolute Gasteiger partial charge is 0.365 e. The highest BCUT2D eigenvalue weighted by atomic mass is 16.5. The first-order valence-corrected chi connectivity index (χ1v) is 8.40. The molecule has 8 nitrogen and oxygen atoms in total. The molecule has 0 atom stereocenters. The molecule has 5 rings (SSSR count). The molecule has 130 valence electrons. The normalized spacial score (nSPS) is 22.2. The number of H-pyrrole nitrogens is 1. The molecule has 4 heterocycles. The molecule has 1 aliphatic rings. The predicted molar refractivity (Wildman–Crippen MR) is 93.9 cm³/mol. The molecule has 8 heteroatoms. The Morgan fingerprint density at radius 1 is 1.38 bits per heavy atom. The maximum absolute atomic E-state index is 9.33. The number of hydrogen-bond donors (Lipinski definition) is 1. The van der Waals surface area contributed by atoms with Crippen molar-refractivity contribution in [1.29, 1.82) is 5.26 Å². The van der Waals surface area contributed by atoms with Crippen LogP contribution in [0.4, 0.5) is 0 Å². The Morgan fingerprint density at radius 2 is 2.31 bits per heavy atom. The first kappa shape index (κ1) is 14.8. The maximum atomic E-state index is 9.33. The molecule has 0 bridgehead atoms. The first-order valence-electron chi connectivity index (χ1n) is 8.40. The molecule has 0 amide bonds. The van der Waals surface area contributed by atoms with Crippen molar-refractivity contribution in [3.63, 3.8) is 0 Å². The third-order valence-corrected chi connectivity index (χ3v) is 5.23. The van der Waals surface area contributed by atoms with Crippen LogP contribution in [0.2, 0.25) is 0 Å². The molecule has 4 aromatic rings. The third-order valence-electron chi connectivity index (χ3n) is 5.23. The molecule has 1 fully saturated rings. The van der Waals surface area contributed by atoms with Crippen molar-refractivity contribution in [3.05, 3.63) is 49.0 Å². The van der Waals surface area contributed by atoms with Gasteiger partial charge in [0.15, 0.2) is 0 Å². The fourth-order valence-electron chi connectivity index (χ4n) is 3.87. The van der Waals surface area contributed by atoms with Gasteiger partial charge >= 0.3 is 0 Å². The zero-order chi connectivity index (χ0) is 17.6. The summed E-state index contributed by atoms with van der Waals surface area (Å²) in [7, 11) is 0. The summed E-state index contributed by atoms with van der Waals surface area (Å²) in [5.74, 6) is 0.296. The molecule has 0 saturated heterocycles. The Labute approximate surface area is 150 Å². The molecule has 1 saturated carbocycles. The molecule has 1 aliphatic carbocycles. The van der Waals surface area contributed by atoms with Crippen LogP contribution in [0.15, 0.2) is 47.8 Å². The van der Waals surface area contributed by atoms with E-state index in [-0.39, 0.29) is 6.97 Å². The Kier molecular flexibility index (Phi) is 3.15. The van der Waals surface area contributed by atoms with E-state index in [1.165, 1.54) is 0 Å². The van der Waals surface area contributed by atoms with E-state index in [4.69, 9.17) is 4.52 Å².